The smallest absolute Gasteiger partial charge is 0.313 e. The van der Waals surface area contributed by atoms with Crippen LogP contribution in [0.25, 0.3) is 0 Å². The summed E-state index contributed by atoms with van der Waals surface area (Å²) in [6.07, 6.45) is 4.53. The Labute approximate surface area is 127 Å². The molecule has 0 aliphatic heterocycles. The van der Waals surface area contributed by atoms with Crippen molar-refractivity contribution in [2.75, 3.05) is 12.3 Å². The fraction of sp³-hybridized carbons (Fsp3) is 0.625. The molecule has 0 radical (unpaired) electrons. The summed E-state index contributed by atoms with van der Waals surface area (Å²) in [6, 6.07) is 8.95. The number of halogens is 3. The number of nitrogens with one attached hydrogen (secondary N) is 1. The van der Waals surface area contributed by atoms with Crippen LogP contribution in [0.4, 0.5) is 13.2 Å². The highest BCUT2D eigenvalue weighted by Crippen LogP contribution is 2.40. The third-order valence-corrected chi connectivity index (χ3v) is 5.49. The van der Waals surface area contributed by atoms with E-state index in [0.717, 1.165) is 12.8 Å². The van der Waals surface area contributed by atoms with Gasteiger partial charge in [-0.15, -0.1) is 0 Å². The molecule has 2 bridgehead atoms. The number of fused-ring (bicyclic) bond motifs is 3. The molecule has 0 amide bonds. The van der Waals surface area contributed by atoms with Gasteiger partial charge in [0.25, 0.3) is 0 Å². The monoisotopic (exact) mass is 315 g/mol. The van der Waals surface area contributed by atoms with Gasteiger partial charge in [0.05, 0.1) is 0 Å². The van der Waals surface area contributed by atoms with Crippen molar-refractivity contribution in [2.45, 2.75) is 37.2 Å². The van der Waals surface area contributed by atoms with Crippen molar-refractivity contribution in [3.8, 4) is 0 Å². The molecule has 5 heteroatoms. The number of alkyl halides is 3. The summed E-state index contributed by atoms with van der Waals surface area (Å²) in [5.74, 6) is 1.26. The van der Waals surface area contributed by atoms with E-state index in [9.17, 15) is 13.2 Å². The van der Waals surface area contributed by atoms with Gasteiger partial charge >= 0.3 is 5.51 Å². The third-order valence-electron chi connectivity index (χ3n) is 4.75. The molecule has 1 aromatic carbocycles. The van der Waals surface area contributed by atoms with Gasteiger partial charge in [-0.1, -0.05) is 24.3 Å². The molecule has 0 heterocycles. The third kappa shape index (κ3) is 3.75. The maximum absolute atomic E-state index is 12.2. The quantitative estimate of drug-likeness (QED) is 0.842. The van der Waals surface area contributed by atoms with Crippen molar-refractivity contribution in [1.29, 1.82) is 0 Å². The molecule has 3 rings (SSSR count). The number of benzene rings is 1. The molecule has 1 nitrogen and oxygen atoms in total. The molecule has 116 valence electrons. The van der Waals surface area contributed by atoms with Crippen LogP contribution in [0, 0.1) is 11.8 Å². The Morgan fingerprint density at radius 3 is 2.14 bits per heavy atom. The maximum Gasteiger partial charge on any atom is 0.441 e. The summed E-state index contributed by atoms with van der Waals surface area (Å²) in [6.45, 7) is 0.443. The number of rotatable bonds is 4. The Balaban J connectivity index is 1.58. The van der Waals surface area contributed by atoms with Gasteiger partial charge in [0.15, 0.2) is 0 Å². The van der Waals surface area contributed by atoms with Crippen LogP contribution in [-0.4, -0.2) is 23.8 Å². The summed E-state index contributed by atoms with van der Waals surface area (Å²) in [5, 5.41) is 3.41. The van der Waals surface area contributed by atoms with E-state index in [-0.39, 0.29) is 17.5 Å². The van der Waals surface area contributed by atoms with E-state index < -0.39 is 5.51 Å². The second-order valence-electron chi connectivity index (χ2n) is 6.05. The van der Waals surface area contributed by atoms with Crippen molar-refractivity contribution in [1.82, 2.24) is 5.32 Å². The van der Waals surface area contributed by atoms with Crippen molar-refractivity contribution in [3.05, 3.63) is 35.4 Å². The normalized spacial score (nSPS) is 28.2. The van der Waals surface area contributed by atoms with E-state index in [1.165, 1.54) is 24.0 Å². The second-order valence-corrected chi connectivity index (χ2v) is 7.21. The minimum absolute atomic E-state index is 0.0751. The van der Waals surface area contributed by atoms with Gasteiger partial charge < -0.3 is 5.32 Å². The van der Waals surface area contributed by atoms with Gasteiger partial charge in [-0.2, -0.15) is 13.2 Å². The molecule has 1 aromatic rings. The summed E-state index contributed by atoms with van der Waals surface area (Å²) in [4.78, 5) is 0. The van der Waals surface area contributed by atoms with Crippen LogP contribution >= 0.6 is 11.8 Å². The van der Waals surface area contributed by atoms with Gasteiger partial charge in [0.2, 0.25) is 0 Å². The molecular formula is C16H20F3NS. The zero-order valence-electron chi connectivity index (χ0n) is 11.8. The van der Waals surface area contributed by atoms with Gasteiger partial charge in [0.1, 0.15) is 0 Å². The molecule has 0 aromatic heterocycles. The first-order valence-corrected chi connectivity index (χ1v) is 8.52. The fourth-order valence-corrected chi connectivity index (χ4v) is 4.33. The standard InChI is InChI=1S/C16H20F3NS/c17-16(18,19)21-8-7-20-15-13-5-6-14(15)10-12-4-2-1-3-11(12)9-13/h1-4,13-15,20H,5-10H2. The molecule has 2 unspecified atom stereocenters. The zero-order valence-corrected chi connectivity index (χ0v) is 12.6. The summed E-state index contributed by atoms with van der Waals surface area (Å²) in [7, 11) is 0. The molecule has 1 N–H and O–H groups in total. The SMILES string of the molecule is FC(F)(F)SCCNC1C2CCC1Cc1ccccc1C2. The summed E-state index contributed by atoms with van der Waals surface area (Å²) < 4.78 is 36.5. The molecule has 1 saturated carbocycles. The first kappa shape index (κ1) is 15.2. The minimum Gasteiger partial charge on any atom is -0.313 e. The minimum atomic E-state index is -4.11. The van der Waals surface area contributed by atoms with Crippen LogP contribution in [0.2, 0.25) is 0 Å². The van der Waals surface area contributed by atoms with Crippen LogP contribution in [0.1, 0.15) is 24.0 Å². The average Bonchev–Trinajstić information content (AvgIpc) is 2.68. The van der Waals surface area contributed by atoms with Gasteiger partial charge in [-0.3, -0.25) is 0 Å². The summed E-state index contributed by atoms with van der Waals surface area (Å²) >= 11 is 0.0751. The molecule has 1 fully saturated rings. The van der Waals surface area contributed by atoms with Crippen molar-refractivity contribution < 1.29 is 13.2 Å². The predicted octanol–water partition coefficient (Wildman–Crippen LogP) is 4.02. The Bertz CT molecular complexity index is 456. The highest BCUT2D eigenvalue weighted by molar-refractivity contribution is 8.00. The molecule has 2 aliphatic rings. The lowest BCUT2D eigenvalue weighted by atomic mass is 9.94. The van der Waals surface area contributed by atoms with Crippen LogP contribution in [-0.2, 0) is 12.8 Å². The van der Waals surface area contributed by atoms with Gasteiger partial charge in [-0.25, -0.2) is 0 Å². The van der Waals surface area contributed by atoms with Crippen LogP contribution in [0.15, 0.2) is 24.3 Å². The first-order chi connectivity index (χ1) is 10.0. The molecule has 2 aliphatic carbocycles. The molecule has 2 atom stereocenters. The molecule has 0 saturated heterocycles. The largest absolute Gasteiger partial charge is 0.441 e. The zero-order chi connectivity index (χ0) is 14.9. The molecule has 0 spiro atoms. The van der Waals surface area contributed by atoms with E-state index in [0.29, 0.717) is 24.4 Å². The Morgan fingerprint density at radius 2 is 1.62 bits per heavy atom. The number of hydrogen-bond acceptors (Lipinski definition) is 2. The van der Waals surface area contributed by atoms with E-state index in [4.69, 9.17) is 0 Å². The van der Waals surface area contributed by atoms with E-state index in [1.807, 2.05) is 0 Å². The topological polar surface area (TPSA) is 12.0 Å². The lowest BCUT2D eigenvalue weighted by Crippen LogP contribution is -2.39. The Morgan fingerprint density at radius 1 is 1.05 bits per heavy atom. The van der Waals surface area contributed by atoms with Gasteiger partial charge in [0, 0.05) is 18.3 Å². The first-order valence-electron chi connectivity index (χ1n) is 7.54. The van der Waals surface area contributed by atoms with E-state index in [2.05, 4.69) is 29.6 Å². The van der Waals surface area contributed by atoms with Crippen LogP contribution in [0.3, 0.4) is 0 Å². The lowest BCUT2D eigenvalue weighted by molar-refractivity contribution is -0.0327. The fourth-order valence-electron chi connectivity index (χ4n) is 3.88. The second kappa shape index (κ2) is 6.21. The van der Waals surface area contributed by atoms with Gasteiger partial charge in [-0.05, 0) is 60.4 Å². The molecule has 21 heavy (non-hydrogen) atoms. The highest BCUT2D eigenvalue weighted by Gasteiger charge is 2.38. The van der Waals surface area contributed by atoms with Crippen molar-refractivity contribution in [2.24, 2.45) is 11.8 Å². The number of hydrogen-bond donors (Lipinski definition) is 1. The Hall–Kier alpha value is -0.680. The average molecular weight is 315 g/mol. The maximum atomic E-state index is 12.2. The van der Waals surface area contributed by atoms with Crippen molar-refractivity contribution >= 4 is 11.8 Å². The van der Waals surface area contributed by atoms with Crippen LogP contribution < -0.4 is 5.32 Å². The van der Waals surface area contributed by atoms with E-state index >= 15 is 0 Å². The predicted molar refractivity (Wildman–Crippen MR) is 80.4 cm³/mol. The van der Waals surface area contributed by atoms with E-state index in [1.54, 1.807) is 0 Å². The lowest BCUT2D eigenvalue weighted by Gasteiger charge is -2.23. The van der Waals surface area contributed by atoms with Crippen molar-refractivity contribution in [3.63, 3.8) is 0 Å². The summed E-state index contributed by atoms with van der Waals surface area (Å²) in [5.41, 5.74) is -1.25. The number of thioether (sulfide) groups is 1. The highest BCUT2D eigenvalue weighted by atomic mass is 32.2. The molecular weight excluding hydrogens is 295 g/mol. The van der Waals surface area contributed by atoms with Crippen LogP contribution in [0.5, 0.6) is 0 Å². The Kier molecular flexibility index (Phi) is 4.50.